The van der Waals surface area contributed by atoms with E-state index in [-0.39, 0.29) is 5.91 Å². The minimum atomic E-state index is -5.08. The van der Waals surface area contributed by atoms with E-state index in [0.29, 0.717) is 6.54 Å². The lowest BCUT2D eigenvalue weighted by Gasteiger charge is -2.12. The Balaban J connectivity index is 0.000000322. The van der Waals surface area contributed by atoms with Crippen LogP contribution in [0.3, 0.4) is 0 Å². The monoisotopic (exact) mass is 333 g/mol. The first-order chi connectivity index (χ1) is 10.6. The Bertz CT molecular complexity index is 558. The fraction of sp³-hybridized carbons (Fsp3) is 0.500. The van der Waals surface area contributed by atoms with Crippen LogP contribution in [-0.2, 0) is 29.1 Å². The summed E-state index contributed by atoms with van der Waals surface area (Å²) in [6, 6.07) is 0. The molecule has 0 saturated heterocycles. The van der Waals surface area contributed by atoms with E-state index in [1.54, 1.807) is 11.9 Å². The van der Waals surface area contributed by atoms with E-state index in [1.807, 2.05) is 0 Å². The van der Waals surface area contributed by atoms with Crippen molar-refractivity contribution in [1.82, 2.24) is 14.5 Å². The number of hydrogen-bond acceptors (Lipinski definition) is 3. The SMILES string of the molecule is C=CC(=O)N(C)Cc1cn2c(n1)CCCC2.O=C(O)C(F)(F)F. The van der Waals surface area contributed by atoms with Crippen LogP contribution in [0.1, 0.15) is 24.4 Å². The van der Waals surface area contributed by atoms with Gasteiger partial charge in [0.15, 0.2) is 0 Å². The number of rotatable bonds is 3. The number of carbonyl (C=O) groups excluding carboxylic acids is 1. The third-order valence-corrected chi connectivity index (χ3v) is 3.15. The van der Waals surface area contributed by atoms with Crippen molar-refractivity contribution in [3.8, 4) is 0 Å². The Hall–Kier alpha value is -2.32. The molecule has 0 unspecified atom stereocenters. The molecule has 0 saturated carbocycles. The first-order valence-electron chi connectivity index (χ1n) is 6.87. The molecule has 2 rings (SSSR count). The maximum absolute atomic E-state index is 11.3. The van der Waals surface area contributed by atoms with E-state index < -0.39 is 12.1 Å². The summed E-state index contributed by atoms with van der Waals surface area (Å²) in [6.07, 6.45) is 1.80. The number of likely N-dealkylation sites (N-methyl/N-ethyl adjacent to an activating group) is 1. The Morgan fingerprint density at radius 3 is 2.57 bits per heavy atom. The molecule has 128 valence electrons. The number of alkyl halides is 3. The lowest BCUT2D eigenvalue weighted by Crippen LogP contribution is -2.24. The Kier molecular flexibility index (Phi) is 6.35. The van der Waals surface area contributed by atoms with E-state index in [0.717, 1.165) is 24.5 Å². The molecule has 0 bridgehead atoms. The maximum atomic E-state index is 11.3. The van der Waals surface area contributed by atoms with Crippen molar-refractivity contribution >= 4 is 11.9 Å². The topological polar surface area (TPSA) is 75.4 Å². The van der Waals surface area contributed by atoms with Crippen LogP contribution in [0.15, 0.2) is 18.9 Å². The molecule has 1 amide bonds. The van der Waals surface area contributed by atoms with Crippen molar-refractivity contribution in [2.45, 2.75) is 38.5 Å². The summed E-state index contributed by atoms with van der Waals surface area (Å²) in [5.74, 6) is -1.67. The number of carbonyl (C=O) groups is 2. The summed E-state index contributed by atoms with van der Waals surface area (Å²) in [7, 11) is 1.77. The summed E-state index contributed by atoms with van der Waals surface area (Å²) in [6.45, 7) is 5.09. The Labute approximate surface area is 131 Å². The Morgan fingerprint density at radius 2 is 2.09 bits per heavy atom. The zero-order chi connectivity index (χ0) is 17.6. The van der Waals surface area contributed by atoms with Gasteiger partial charge in [-0.25, -0.2) is 9.78 Å². The number of nitrogens with zero attached hydrogens (tertiary/aromatic N) is 3. The number of aliphatic carboxylic acids is 1. The standard InChI is InChI=1S/C12H17N3O.C2HF3O2/c1-3-12(16)14(2)8-10-9-15-7-5-4-6-11(15)13-10;3-2(4,5)1(6)7/h3,9H,1,4-8H2,2H3;(H,6,7). The van der Waals surface area contributed by atoms with Gasteiger partial charge in [-0.1, -0.05) is 6.58 Å². The highest BCUT2D eigenvalue weighted by molar-refractivity contribution is 5.86. The van der Waals surface area contributed by atoms with Crippen molar-refractivity contribution in [2.75, 3.05) is 7.05 Å². The maximum Gasteiger partial charge on any atom is 0.490 e. The molecule has 0 aromatic carbocycles. The molecule has 23 heavy (non-hydrogen) atoms. The molecule has 1 aliphatic heterocycles. The molecular weight excluding hydrogens is 315 g/mol. The van der Waals surface area contributed by atoms with Gasteiger partial charge in [-0.15, -0.1) is 0 Å². The summed E-state index contributed by atoms with van der Waals surface area (Å²) < 4.78 is 33.9. The van der Waals surface area contributed by atoms with Gasteiger partial charge < -0.3 is 14.6 Å². The molecule has 0 atom stereocenters. The second-order valence-corrected chi connectivity index (χ2v) is 5.00. The summed E-state index contributed by atoms with van der Waals surface area (Å²) >= 11 is 0. The molecule has 9 heteroatoms. The normalized spacial score (nSPS) is 13.4. The van der Waals surface area contributed by atoms with Crippen molar-refractivity contribution in [3.05, 3.63) is 30.4 Å². The third-order valence-electron chi connectivity index (χ3n) is 3.15. The minimum absolute atomic E-state index is 0.0639. The quantitative estimate of drug-likeness (QED) is 0.859. The molecule has 1 aliphatic rings. The highest BCUT2D eigenvalue weighted by Gasteiger charge is 2.38. The van der Waals surface area contributed by atoms with Gasteiger partial charge in [0, 0.05) is 26.2 Å². The number of aromatic nitrogens is 2. The van der Waals surface area contributed by atoms with Crippen molar-refractivity contribution in [1.29, 1.82) is 0 Å². The second kappa shape index (κ2) is 7.80. The molecule has 0 aliphatic carbocycles. The van der Waals surface area contributed by atoms with Gasteiger partial charge in [0.2, 0.25) is 5.91 Å². The number of imidazole rings is 1. The summed E-state index contributed by atoms with van der Waals surface area (Å²) in [5.41, 5.74) is 0.967. The fourth-order valence-corrected chi connectivity index (χ4v) is 2.02. The van der Waals surface area contributed by atoms with Gasteiger partial charge in [0.25, 0.3) is 0 Å². The average molecular weight is 333 g/mol. The van der Waals surface area contributed by atoms with Crippen LogP contribution in [0.5, 0.6) is 0 Å². The van der Waals surface area contributed by atoms with Crippen molar-refractivity contribution in [2.24, 2.45) is 0 Å². The van der Waals surface area contributed by atoms with Crippen LogP contribution in [0.2, 0.25) is 0 Å². The van der Waals surface area contributed by atoms with Gasteiger partial charge in [0.1, 0.15) is 5.82 Å². The summed E-state index contributed by atoms with van der Waals surface area (Å²) in [5, 5.41) is 7.12. The smallest absolute Gasteiger partial charge is 0.475 e. The van der Waals surface area contributed by atoms with Gasteiger partial charge in [-0.05, 0) is 18.9 Å². The average Bonchev–Trinajstić information content (AvgIpc) is 2.88. The zero-order valence-electron chi connectivity index (χ0n) is 12.6. The van der Waals surface area contributed by atoms with Crippen LogP contribution in [0.4, 0.5) is 13.2 Å². The molecule has 1 aromatic rings. The molecular formula is C14H18F3N3O3. The molecule has 0 spiro atoms. The van der Waals surface area contributed by atoms with E-state index in [2.05, 4.69) is 22.3 Å². The number of carboxylic acid groups (broad SMARTS) is 1. The summed E-state index contributed by atoms with van der Waals surface area (Å²) in [4.78, 5) is 26.4. The number of amides is 1. The highest BCUT2D eigenvalue weighted by atomic mass is 19.4. The first-order valence-corrected chi connectivity index (χ1v) is 6.87. The second-order valence-electron chi connectivity index (χ2n) is 5.00. The lowest BCUT2D eigenvalue weighted by atomic mass is 10.2. The van der Waals surface area contributed by atoms with Crippen LogP contribution in [0, 0.1) is 0 Å². The van der Waals surface area contributed by atoms with Crippen LogP contribution in [0.25, 0.3) is 0 Å². The van der Waals surface area contributed by atoms with Crippen LogP contribution < -0.4 is 0 Å². The molecule has 0 radical (unpaired) electrons. The molecule has 2 heterocycles. The molecule has 0 fully saturated rings. The van der Waals surface area contributed by atoms with Crippen LogP contribution >= 0.6 is 0 Å². The fourth-order valence-electron chi connectivity index (χ4n) is 2.02. The first kappa shape index (κ1) is 18.7. The van der Waals surface area contributed by atoms with Gasteiger partial charge in [-0.3, -0.25) is 4.79 Å². The molecule has 1 aromatic heterocycles. The number of halogens is 3. The highest BCUT2D eigenvalue weighted by Crippen LogP contribution is 2.15. The predicted molar refractivity (Wildman–Crippen MR) is 75.5 cm³/mol. The minimum Gasteiger partial charge on any atom is -0.475 e. The number of carboxylic acids is 1. The predicted octanol–water partition coefficient (Wildman–Crippen LogP) is 2.00. The number of aryl methyl sites for hydroxylation is 2. The van der Waals surface area contributed by atoms with E-state index in [1.165, 1.54) is 18.9 Å². The van der Waals surface area contributed by atoms with Crippen LogP contribution in [-0.4, -0.2) is 44.7 Å². The molecule has 1 N–H and O–H groups in total. The third kappa shape index (κ3) is 5.76. The van der Waals surface area contributed by atoms with E-state index >= 15 is 0 Å². The lowest BCUT2D eigenvalue weighted by molar-refractivity contribution is -0.192. The van der Waals surface area contributed by atoms with Gasteiger partial charge >= 0.3 is 12.1 Å². The number of fused-ring (bicyclic) bond motifs is 1. The Morgan fingerprint density at radius 1 is 1.48 bits per heavy atom. The van der Waals surface area contributed by atoms with E-state index in [9.17, 15) is 18.0 Å². The molecule has 6 nitrogen and oxygen atoms in total. The van der Waals surface area contributed by atoms with Crippen molar-refractivity contribution < 1.29 is 27.9 Å². The van der Waals surface area contributed by atoms with Gasteiger partial charge in [0.05, 0.1) is 12.2 Å². The van der Waals surface area contributed by atoms with Gasteiger partial charge in [-0.2, -0.15) is 13.2 Å². The zero-order valence-corrected chi connectivity index (χ0v) is 12.6. The van der Waals surface area contributed by atoms with Crippen molar-refractivity contribution in [3.63, 3.8) is 0 Å². The largest absolute Gasteiger partial charge is 0.490 e. The van der Waals surface area contributed by atoms with E-state index in [4.69, 9.17) is 9.90 Å². The number of hydrogen-bond donors (Lipinski definition) is 1.